The number of aryl methyl sites for hydroxylation is 3. The summed E-state index contributed by atoms with van der Waals surface area (Å²) in [5.74, 6) is 0.169. The van der Waals surface area contributed by atoms with E-state index >= 15 is 0 Å². The van der Waals surface area contributed by atoms with Crippen LogP contribution in [-0.2, 0) is 32.1 Å². The van der Waals surface area contributed by atoms with Gasteiger partial charge in [-0.15, -0.1) is 36.4 Å². The second-order valence-corrected chi connectivity index (χ2v) is 24.4. The van der Waals surface area contributed by atoms with Crippen LogP contribution in [0.4, 0.5) is 4.39 Å². The number of imidazole rings is 1. The molecule has 4 aromatic heterocycles. The molecule has 0 unspecified atom stereocenters. The molecular weight excluding hydrogens is 1000 g/mol. The van der Waals surface area contributed by atoms with Crippen LogP contribution >= 0.6 is 11.3 Å². The van der Waals surface area contributed by atoms with Crippen LogP contribution < -0.4 is 5.19 Å². The Bertz CT molecular complexity index is 3440. The van der Waals surface area contributed by atoms with Crippen molar-refractivity contribution in [3.8, 4) is 33.9 Å². The summed E-state index contributed by atoms with van der Waals surface area (Å²) >= 11 is 1.74. The molecule has 0 aliphatic carbocycles. The summed E-state index contributed by atoms with van der Waals surface area (Å²) in [6, 6.07) is 49.6. The van der Waals surface area contributed by atoms with Crippen LogP contribution in [0.3, 0.4) is 0 Å². The third kappa shape index (κ3) is 8.53. The van der Waals surface area contributed by atoms with Gasteiger partial charge < -0.3 is 9.55 Å². The maximum Gasteiger partial charge on any atom is 0.114 e. The fourth-order valence-corrected chi connectivity index (χ4v) is 11.5. The summed E-state index contributed by atoms with van der Waals surface area (Å²) in [6.07, 6.45) is 1.83. The number of hydrogen-bond donors (Lipinski definition) is 0. The summed E-state index contributed by atoms with van der Waals surface area (Å²) < 4.78 is 40.8. The minimum absolute atomic E-state index is 0. The van der Waals surface area contributed by atoms with Crippen LogP contribution in [0.2, 0.25) is 19.6 Å². The largest absolute Gasteiger partial charge is 0.359 e. The number of thiophene rings is 1. The molecule has 10 aromatic rings. The SMILES string of the molecule is Cc1cccc(C)c1-c1ccc2c(n1)sc1c(-c3nc4ccc5ccccc5c4n3Cc3ccccc3)[c-]ccc12.[2H]C([2H])([2H])c1cc[c-]c(-c2cc(C(C)(C)C)c([Si](C)(C)C)cn2)c1F.[Ir]. The van der Waals surface area contributed by atoms with Crippen LogP contribution in [-0.4, -0.2) is 27.6 Å². The van der Waals surface area contributed by atoms with Crippen molar-refractivity contribution in [2.45, 2.75) is 73.1 Å². The molecule has 323 valence electrons. The summed E-state index contributed by atoms with van der Waals surface area (Å²) in [6.45, 7) is 15.7. The molecule has 0 aliphatic rings. The third-order valence-electron chi connectivity index (χ3n) is 11.8. The van der Waals surface area contributed by atoms with Crippen molar-refractivity contribution in [3.63, 3.8) is 0 Å². The molecule has 0 aliphatic heterocycles. The zero-order chi connectivity index (χ0) is 46.7. The predicted octanol–water partition coefficient (Wildman–Crippen LogP) is 14.6. The second-order valence-electron chi connectivity index (χ2n) is 18.4. The van der Waals surface area contributed by atoms with E-state index in [1.165, 1.54) is 65.8 Å². The maximum atomic E-state index is 14.8. The molecule has 4 heterocycles. The fraction of sp³-hybridized carbons (Fsp3) is 0.196. The molecule has 0 atom stereocenters. The van der Waals surface area contributed by atoms with Gasteiger partial charge in [-0.1, -0.05) is 160 Å². The van der Waals surface area contributed by atoms with Crippen LogP contribution in [0.5, 0.6) is 0 Å². The second kappa shape index (κ2) is 17.7. The van der Waals surface area contributed by atoms with Crippen molar-refractivity contribution >= 4 is 66.7 Å². The number of aromatic nitrogens is 4. The Morgan fingerprint density at radius 3 is 2.19 bits per heavy atom. The predicted molar refractivity (Wildman–Crippen MR) is 268 cm³/mol. The minimum atomic E-state index is -2.50. The van der Waals surface area contributed by atoms with Gasteiger partial charge >= 0.3 is 0 Å². The molecule has 8 heteroatoms. The van der Waals surface area contributed by atoms with Gasteiger partial charge in [0.15, 0.2) is 0 Å². The van der Waals surface area contributed by atoms with E-state index in [9.17, 15) is 4.39 Å². The Balaban J connectivity index is 0.000000203. The van der Waals surface area contributed by atoms with Gasteiger partial charge in [0.25, 0.3) is 0 Å². The van der Waals surface area contributed by atoms with Gasteiger partial charge in [-0.05, 0) is 80.0 Å². The molecule has 64 heavy (non-hydrogen) atoms. The number of halogens is 1. The van der Waals surface area contributed by atoms with Crippen LogP contribution in [0, 0.1) is 38.6 Å². The molecule has 0 saturated carbocycles. The minimum Gasteiger partial charge on any atom is -0.359 e. The van der Waals surface area contributed by atoms with E-state index in [0.717, 1.165) is 45.1 Å². The molecular formula is C56H51FIrN4SSi-2. The number of benzene rings is 6. The molecule has 4 nitrogen and oxygen atoms in total. The van der Waals surface area contributed by atoms with Crippen LogP contribution in [0.15, 0.2) is 134 Å². The number of hydrogen-bond acceptors (Lipinski definition) is 4. The van der Waals surface area contributed by atoms with Crippen molar-refractivity contribution in [1.82, 2.24) is 19.5 Å². The summed E-state index contributed by atoms with van der Waals surface area (Å²) in [5, 5.41) is 6.03. The van der Waals surface area contributed by atoms with E-state index in [-0.39, 0.29) is 36.6 Å². The molecule has 0 fully saturated rings. The third-order valence-corrected chi connectivity index (χ3v) is 14.9. The zero-order valence-corrected chi connectivity index (χ0v) is 41.5. The van der Waals surface area contributed by atoms with Crippen molar-refractivity contribution in [1.29, 1.82) is 0 Å². The number of pyridine rings is 2. The van der Waals surface area contributed by atoms with Crippen molar-refractivity contribution < 1.29 is 28.6 Å². The Labute approximate surface area is 398 Å². The molecule has 0 N–H and O–H groups in total. The summed E-state index contributed by atoms with van der Waals surface area (Å²) in [4.78, 5) is 15.9. The Morgan fingerprint density at radius 2 is 1.45 bits per heavy atom. The van der Waals surface area contributed by atoms with Gasteiger partial charge in [0.05, 0.1) is 30.6 Å². The van der Waals surface area contributed by atoms with Crippen LogP contribution in [0.1, 0.15) is 52.7 Å². The first-order valence-corrected chi connectivity index (χ1v) is 25.6. The van der Waals surface area contributed by atoms with Gasteiger partial charge in [0.1, 0.15) is 4.83 Å². The molecule has 10 rings (SSSR count). The first kappa shape index (κ1) is 41.1. The van der Waals surface area contributed by atoms with E-state index in [4.69, 9.17) is 14.1 Å². The topological polar surface area (TPSA) is 43.6 Å². The normalized spacial score (nSPS) is 12.7. The van der Waals surface area contributed by atoms with Gasteiger partial charge in [-0.2, -0.15) is 11.3 Å². The maximum absolute atomic E-state index is 14.8. The van der Waals surface area contributed by atoms with E-state index < -0.39 is 20.7 Å². The fourth-order valence-electron chi connectivity index (χ4n) is 8.63. The first-order chi connectivity index (χ1) is 31.4. The number of fused-ring (bicyclic) bond motifs is 6. The molecule has 6 aromatic carbocycles. The molecule has 0 spiro atoms. The Hall–Kier alpha value is -5.63. The van der Waals surface area contributed by atoms with Gasteiger partial charge in [0.2, 0.25) is 0 Å². The monoisotopic (exact) mass is 1050 g/mol. The van der Waals surface area contributed by atoms with Gasteiger partial charge in [-0.3, -0.25) is 9.37 Å². The van der Waals surface area contributed by atoms with E-state index in [2.05, 4.69) is 179 Å². The van der Waals surface area contributed by atoms with Crippen molar-refractivity contribution in [2.24, 2.45) is 0 Å². The van der Waals surface area contributed by atoms with Crippen LogP contribution in [0.25, 0.3) is 76.0 Å². The molecule has 1 radical (unpaired) electrons. The van der Waals surface area contributed by atoms with Gasteiger partial charge in [0, 0.05) is 53.7 Å². The van der Waals surface area contributed by atoms with E-state index in [1.807, 2.05) is 18.3 Å². The standard InChI is InChI=1S/C37H26N3S.C19H25FNSi.Ir/c1-23-10-8-11-24(2)33(23)31-21-19-29-28-16-9-17-30(35(28)41-37(29)39-31)36-38-32-20-18-26-14-6-7-15-27(26)34(32)40(36)22-25-12-4-3-5-13-25;1-13-9-8-10-14(18(13)20)16-11-15(19(2,3)4)17(12-21-16)22(5,6)7;/h3-16,18-21H,22H2,1-2H3;8-9,11-12H,1-7H3;/q2*-1;/i;1D3;. The molecule has 0 saturated heterocycles. The molecule has 0 bridgehead atoms. The van der Waals surface area contributed by atoms with Crippen molar-refractivity contribution in [2.75, 3.05) is 0 Å². The van der Waals surface area contributed by atoms with Crippen molar-refractivity contribution in [3.05, 3.63) is 179 Å². The molecule has 0 amide bonds. The average Bonchev–Trinajstić information content (AvgIpc) is 3.84. The Morgan fingerprint density at radius 1 is 0.734 bits per heavy atom. The number of rotatable bonds is 6. The number of nitrogens with zero attached hydrogens (tertiary/aromatic N) is 4. The average molecular weight is 1050 g/mol. The summed E-state index contributed by atoms with van der Waals surface area (Å²) in [7, 11) is -1.62. The zero-order valence-electron chi connectivity index (χ0n) is 40.3. The quantitative estimate of drug-likeness (QED) is 0.123. The van der Waals surface area contributed by atoms with Gasteiger partial charge in [-0.25, -0.2) is 4.98 Å². The van der Waals surface area contributed by atoms with E-state index in [1.54, 1.807) is 11.3 Å². The van der Waals surface area contributed by atoms with E-state index in [0.29, 0.717) is 5.69 Å². The summed E-state index contributed by atoms with van der Waals surface area (Å²) in [5.41, 5.74) is 10.4. The Kier molecular flexibility index (Phi) is 11.4. The first-order valence-electron chi connectivity index (χ1n) is 22.8. The smallest absolute Gasteiger partial charge is 0.114 e.